The monoisotopic (exact) mass is 1440 g/mol. The lowest BCUT2D eigenvalue weighted by Crippen LogP contribution is -2.43. The molecule has 25 heteroatoms. The first-order valence-electron chi connectivity index (χ1n) is 38.5. The van der Waals surface area contributed by atoms with Crippen molar-refractivity contribution < 1.29 is 90.2 Å². The number of hydrogen-bond acceptors (Lipinski definition) is 17. The molecule has 0 spiro atoms. The molecule has 23 nitrogen and oxygen atoms in total. The van der Waals surface area contributed by atoms with Crippen molar-refractivity contribution in [2.75, 3.05) is 65.9 Å². The Labute approximate surface area is 592 Å². The number of phosphoric ester groups is 2. The van der Waals surface area contributed by atoms with E-state index in [4.69, 9.17) is 32.3 Å². The molecule has 0 heterocycles. The van der Waals surface area contributed by atoms with Crippen LogP contribution >= 0.6 is 15.6 Å². The van der Waals surface area contributed by atoms with E-state index >= 15 is 0 Å². The van der Waals surface area contributed by atoms with Gasteiger partial charge in [-0.05, 0) is 70.6 Å². The van der Waals surface area contributed by atoms with Crippen LogP contribution in [-0.4, -0.2) is 152 Å². The van der Waals surface area contributed by atoms with Gasteiger partial charge in [-0.3, -0.25) is 46.9 Å². The minimum absolute atomic E-state index is 0.143. The Hall–Kier alpha value is -3.18. The van der Waals surface area contributed by atoms with E-state index in [1.165, 1.54) is 83.5 Å². The highest BCUT2D eigenvalue weighted by Crippen LogP contribution is 2.44. The van der Waals surface area contributed by atoms with Crippen molar-refractivity contribution in [3.8, 4) is 0 Å². The average Bonchev–Trinajstić information content (AvgIpc) is 1.04. The number of Topliss-reactive ketones (excluding diaryl/α,β-unsaturated/α-hetero) is 1. The second kappa shape index (κ2) is 67.0. The van der Waals surface area contributed by atoms with Crippen LogP contribution in [0, 0.1) is 0 Å². The van der Waals surface area contributed by atoms with Crippen LogP contribution in [-0.2, 0) is 70.2 Å². The highest BCUT2D eigenvalue weighted by atomic mass is 31.2. The molecule has 4 unspecified atom stereocenters. The fourth-order valence-corrected chi connectivity index (χ4v) is 12.4. The number of ketones is 1. The number of unbranched alkanes of at least 4 members (excludes halogenated alkanes) is 29. The van der Waals surface area contributed by atoms with Gasteiger partial charge < -0.3 is 55.5 Å². The maximum absolute atomic E-state index is 13.7. The zero-order valence-corrected chi connectivity index (χ0v) is 63.5. The van der Waals surface area contributed by atoms with Gasteiger partial charge >= 0.3 is 21.6 Å². The molecule has 8 N–H and O–H groups in total. The lowest BCUT2D eigenvalue weighted by molar-refractivity contribution is -0.151. The van der Waals surface area contributed by atoms with Crippen LogP contribution in [0.25, 0.3) is 0 Å². The molecule has 0 radical (unpaired) electrons. The van der Waals surface area contributed by atoms with E-state index < -0.39 is 103 Å². The number of aliphatic hydroxyl groups excluding tert-OH is 2. The van der Waals surface area contributed by atoms with E-state index in [2.05, 4.69) is 68.0 Å². The third kappa shape index (κ3) is 64.9. The van der Waals surface area contributed by atoms with E-state index in [1.54, 1.807) is 0 Å². The Balaban J connectivity index is 5.45. The molecular weight excluding hydrogens is 1300 g/mol. The molecule has 98 heavy (non-hydrogen) atoms. The highest BCUT2D eigenvalue weighted by Gasteiger charge is 2.28. The number of rotatable bonds is 74. The summed E-state index contributed by atoms with van der Waals surface area (Å²) in [7, 11) is -9.57. The SMILES string of the molecule is CCCCCCC=CCCCC(=O)O[C@H](CCCCCCCCCCC)CC(=O)NC(COCC[C@H](O)CCCCCCC)COP(=O)(O)OCCNC(=O)CC(=O)NCCOP(=O)(O)OCC(COCC[C@H](O)CCCCCCC)NC(=O)CC(=O)CCCCCCCCCCC. The Kier molecular flexibility index (Phi) is 64.8. The van der Waals surface area contributed by atoms with Crippen LogP contribution in [0.4, 0.5) is 0 Å². The van der Waals surface area contributed by atoms with Gasteiger partial charge in [-0.15, -0.1) is 0 Å². The predicted molar refractivity (Wildman–Crippen MR) is 387 cm³/mol. The topological polar surface area (TPSA) is 330 Å². The highest BCUT2D eigenvalue weighted by molar-refractivity contribution is 7.47. The number of phosphoric acid groups is 2. The Bertz CT molecular complexity index is 2100. The quantitative estimate of drug-likeness (QED) is 0.00922. The summed E-state index contributed by atoms with van der Waals surface area (Å²) >= 11 is 0. The zero-order valence-electron chi connectivity index (χ0n) is 61.7. The van der Waals surface area contributed by atoms with Crippen molar-refractivity contribution in [2.45, 2.75) is 354 Å². The molecule has 0 saturated heterocycles. The van der Waals surface area contributed by atoms with Gasteiger partial charge in [-0.25, -0.2) is 9.13 Å². The lowest BCUT2D eigenvalue weighted by Gasteiger charge is -2.23. The molecule has 0 saturated carbocycles. The van der Waals surface area contributed by atoms with Crippen LogP contribution in [0.5, 0.6) is 0 Å². The van der Waals surface area contributed by atoms with Crippen molar-refractivity contribution in [1.82, 2.24) is 21.3 Å². The summed E-state index contributed by atoms with van der Waals surface area (Å²) < 4.78 is 64.2. The van der Waals surface area contributed by atoms with Crippen LogP contribution in [0.1, 0.15) is 324 Å². The normalized spacial score (nSPS) is 14.5. The number of nitrogens with one attached hydrogen (secondary N) is 4. The first-order chi connectivity index (χ1) is 47.3. The number of esters is 1. The Morgan fingerprint density at radius 3 is 1.20 bits per heavy atom. The first-order valence-corrected chi connectivity index (χ1v) is 41.5. The minimum atomic E-state index is -4.80. The summed E-state index contributed by atoms with van der Waals surface area (Å²) in [5.74, 6) is -3.24. The summed E-state index contributed by atoms with van der Waals surface area (Å²) in [4.78, 5) is 98.9. The number of ether oxygens (including phenoxy) is 3. The van der Waals surface area contributed by atoms with Crippen LogP contribution in [0.2, 0.25) is 0 Å². The third-order valence-electron chi connectivity index (χ3n) is 16.8. The van der Waals surface area contributed by atoms with E-state index in [0.29, 0.717) is 44.9 Å². The van der Waals surface area contributed by atoms with Gasteiger partial charge in [-0.2, -0.15) is 0 Å². The molecule has 4 amide bonds. The number of carbonyl (C=O) groups is 6. The van der Waals surface area contributed by atoms with Gasteiger partial charge in [0.1, 0.15) is 18.3 Å². The summed E-state index contributed by atoms with van der Waals surface area (Å²) in [6.07, 6.45) is 41.5. The number of carbonyl (C=O) groups excluding carboxylic acids is 6. The Morgan fingerprint density at radius 1 is 0.388 bits per heavy atom. The minimum Gasteiger partial charge on any atom is -0.462 e. The molecule has 0 bridgehead atoms. The average molecular weight is 1440 g/mol. The maximum atomic E-state index is 13.7. The molecule has 0 aromatic heterocycles. The van der Waals surface area contributed by atoms with E-state index in [9.17, 15) is 57.9 Å². The molecular formula is C73H140N4O19P2. The zero-order chi connectivity index (χ0) is 72.4. The fourth-order valence-electron chi connectivity index (χ4n) is 10.9. The van der Waals surface area contributed by atoms with Gasteiger partial charge in [0.15, 0.2) is 0 Å². The molecule has 0 aliphatic carbocycles. The number of aliphatic hydroxyl groups is 2. The molecule has 7 atom stereocenters. The van der Waals surface area contributed by atoms with Gasteiger partial charge in [-0.1, -0.05) is 233 Å². The van der Waals surface area contributed by atoms with Crippen LogP contribution in [0.3, 0.4) is 0 Å². The smallest absolute Gasteiger partial charge is 0.462 e. The molecule has 0 fully saturated rings. The summed E-state index contributed by atoms with van der Waals surface area (Å²) in [5.41, 5.74) is 0. The Morgan fingerprint density at radius 2 is 0.765 bits per heavy atom. The van der Waals surface area contributed by atoms with Gasteiger partial charge in [0.2, 0.25) is 23.6 Å². The fraction of sp³-hybridized carbons (Fsp3) is 0.890. The van der Waals surface area contributed by atoms with Crippen molar-refractivity contribution in [2.24, 2.45) is 0 Å². The molecule has 0 rings (SSSR count). The van der Waals surface area contributed by atoms with Crippen molar-refractivity contribution in [3.05, 3.63) is 12.2 Å². The summed E-state index contributed by atoms with van der Waals surface area (Å²) in [6, 6.07) is -1.91. The predicted octanol–water partition coefficient (Wildman–Crippen LogP) is 14.9. The van der Waals surface area contributed by atoms with Crippen molar-refractivity contribution in [1.29, 1.82) is 0 Å². The molecule has 0 aromatic rings. The lowest BCUT2D eigenvalue weighted by atomic mass is 10.0. The standard InChI is InChI=1S/C73H140N4O19P2/c1-6-11-16-21-24-27-30-35-40-45-67(80)56-71(83)76-63(59-90-52-48-65(78)43-38-33-19-14-9-4)61-94-97(86,87)92-54-50-74-69(81)58-70(82)75-51-55-93-98(88,89)95-62-64(60-91-53-49-66(79)44-39-34-20-15-10-5)77-72(84)57-68(46-41-36-31-28-25-22-17-12-7-2)96-73(85)47-42-37-32-29-26-23-18-13-8-3/h29,32,63-66,68,78-79H,6-28,30-31,33-62H2,1-5H3,(H,74,81)(H,75,82)(H,76,83)(H,77,84)(H,86,87)(H,88,89)/t63?,64?,65-,66-,68-/m1/s1. The summed E-state index contributed by atoms with van der Waals surface area (Å²) in [5, 5.41) is 31.3. The van der Waals surface area contributed by atoms with Gasteiger partial charge in [0.25, 0.3) is 0 Å². The second-order valence-corrected chi connectivity index (χ2v) is 29.4. The van der Waals surface area contributed by atoms with Crippen molar-refractivity contribution in [3.63, 3.8) is 0 Å². The van der Waals surface area contributed by atoms with Crippen LogP contribution < -0.4 is 21.3 Å². The molecule has 0 aliphatic rings. The molecule has 0 aromatic carbocycles. The van der Waals surface area contributed by atoms with E-state index in [0.717, 1.165) is 128 Å². The first kappa shape index (κ1) is 94.8. The summed E-state index contributed by atoms with van der Waals surface area (Å²) in [6.45, 7) is 8.15. The van der Waals surface area contributed by atoms with E-state index in [-0.39, 0.29) is 77.0 Å². The largest absolute Gasteiger partial charge is 0.472 e. The van der Waals surface area contributed by atoms with Gasteiger partial charge in [0.05, 0.1) is 76.8 Å². The third-order valence-corrected chi connectivity index (χ3v) is 18.8. The number of amides is 4. The van der Waals surface area contributed by atoms with Crippen LogP contribution in [0.15, 0.2) is 12.2 Å². The molecule has 0 aliphatic heterocycles. The van der Waals surface area contributed by atoms with E-state index in [1.807, 2.05) is 0 Å². The second-order valence-electron chi connectivity index (χ2n) is 26.5. The van der Waals surface area contributed by atoms with Gasteiger partial charge in [0, 0.05) is 39.1 Å². The number of hydrogen-bond donors (Lipinski definition) is 8. The maximum Gasteiger partial charge on any atom is 0.472 e. The molecule has 576 valence electrons. The number of allylic oxidation sites excluding steroid dienone is 2. The van der Waals surface area contributed by atoms with Crippen molar-refractivity contribution >= 4 is 51.0 Å².